The number of hydrogen-bond donors (Lipinski definition) is 0. The third-order valence-corrected chi connectivity index (χ3v) is 6.49. The van der Waals surface area contributed by atoms with Gasteiger partial charge in [-0.05, 0) is 61.3 Å². The van der Waals surface area contributed by atoms with Gasteiger partial charge in [-0.2, -0.15) is 4.98 Å². The zero-order chi connectivity index (χ0) is 21.1. The van der Waals surface area contributed by atoms with Crippen molar-refractivity contribution in [2.24, 2.45) is 10.8 Å². The summed E-state index contributed by atoms with van der Waals surface area (Å²) in [6.45, 7) is 9.74. The van der Waals surface area contributed by atoms with E-state index >= 15 is 0 Å². The summed E-state index contributed by atoms with van der Waals surface area (Å²) in [6.07, 6.45) is 4.84. The van der Waals surface area contributed by atoms with Gasteiger partial charge in [0.2, 0.25) is 5.82 Å². The molecule has 6 nitrogen and oxygen atoms in total. The molecule has 0 N–H and O–H groups in total. The maximum absolute atomic E-state index is 13.5. The van der Waals surface area contributed by atoms with Gasteiger partial charge in [-0.3, -0.25) is 4.79 Å². The average molecular weight is 405 g/mol. The molecule has 0 radical (unpaired) electrons. The highest BCUT2D eigenvalue weighted by molar-refractivity contribution is 5.91. The summed E-state index contributed by atoms with van der Waals surface area (Å²) < 4.78 is 7.30. The molecule has 1 saturated heterocycles. The molecule has 6 heteroatoms. The van der Waals surface area contributed by atoms with E-state index in [-0.39, 0.29) is 28.6 Å². The predicted molar refractivity (Wildman–Crippen MR) is 114 cm³/mol. The van der Waals surface area contributed by atoms with Crippen molar-refractivity contribution < 1.29 is 9.21 Å². The first kappa shape index (κ1) is 19.1. The lowest BCUT2D eigenvalue weighted by Crippen LogP contribution is -2.38. The fourth-order valence-electron chi connectivity index (χ4n) is 5.66. The number of nitrogens with zero attached hydrogens (tertiary/aromatic N) is 4. The van der Waals surface area contributed by atoms with Crippen molar-refractivity contribution in [1.29, 1.82) is 0 Å². The fraction of sp³-hybridized carbons (Fsp3) is 0.458. The van der Waals surface area contributed by atoms with Crippen molar-refractivity contribution in [3.63, 3.8) is 0 Å². The van der Waals surface area contributed by atoms with E-state index < -0.39 is 0 Å². The smallest absolute Gasteiger partial charge is 0.293 e. The molecule has 2 atom stereocenters. The van der Waals surface area contributed by atoms with Crippen LogP contribution in [0.2, 0.25) is 0 Å². The number of hydrogen-bond acceptors (Lipinski definition) is 4. The Bertz CT molecular complexity index is 1080. The van der Waals surface area contributed by atoms with Crippen molar-refractivity contribution >= 4 is 5.91 Å². The van der Waals surface area contributed by atoms with Crippen LogP contribution in [0.15, 0.2) is 47.1 Å². The molecule has 156 valence electrons. The van der Waals surface area contributed by atoms with Gasteiger partial charge in [0, 0.05) is 12.6 Å². The van der Waals surface area contributed by atoms with Gasteiger partial charge in [0.05, 0.1) is 12.0 Å². The minimum atomic E-state index is -0.0832. The molecule has 3 heterocycles. The lowest BCUT2D eigenvalue weighted by molar-refractivity contribution is 0.0696. The van der Waals surface area contributed by atoms with Crippen LogP contribution in [0.1, 0.15) is 56.2 Å². The Balaban J connectivity index is 1.53. The zero-order valence-electron chi connectivity index (χ0n) is 18.1. The van der Waals surface area contributed by atoms with Crippen molar-refractivity contribution in [1.82, 2.24) is 19.7 Å². The van der Waals surface area contributed by atoms with E-state index in [1.54, 1.807) is 10.9 Å². The minimum Gasteiger partial charge on any atom is -0.461 e. The molecule has 2 aromatic heterocycles. The van der Waals surface area contributed by atoms with E-state index in [0.717, 1.165) is 37.1 Å². The molecule has 2 unspecified atom stereocenters. The summed E-state index contributed by atoms with van der Waals surface area (Å²) >= 11 is 0. The number of rotatable bonds is 3. The Morgan fingerprint density at radius 2 is 1.90 bits per heavy atom. The number of aryl methyl sites for hydroxylation is 1. The van der Waals surface area contributed by atoms with Gasteiger partial charge in [-0.15, -0.1) is 5.10 Å². The maximum Gasteiger partial charge on any atom is 0.293 e. The molecule has 2 aliphatic rings. The quantitative estimate of drug-likeness (QED) is 0.624. The normalized spacial score (nSPS) is 24.9. The second-order valence-corrected chi connectivity index (χ2v) is 10.1. The first-order chi connectivity index (χ1) is 14.2. The lowest BCUT2D eigenvalue weighted by atomic mass is 9.65. The molecular formula is C24H28N4O2. The molecule has 2 bridgehead atoms. The van der Waals surface area contributed by atoms with Crippen molar-refractivity contribution in [3.8, 4) is 17.3 Å². The zero-order valence-corrected chi connectivity index (χ0v) is 18.1. The number of likely N-dealkylation sites (tertiary alicyclic amines) is 1. The highest BCUT2D eigenvalue weighted by Crippen LogP contribution is 2.52. The number of furan rings is 1. The highest BCUT2D eigenvalue weighted by atomic mass is 16.3. The van der Waals surface area contributed by atoms with Crippen LogP contribution in [-0.4, -0.2) is 38.2 Å². The minimum absolute atomic E-state index is 0.0832. The average Bonchev–Trinajstić information content (AvgIpc) is 3.38. The van der Waals surface area contributed by atoms with Crippen LogP contribution in [0, 0.1) is 17.8 Å². The molecule has 1 aliphatic heterocycles. The first-order valence-corrected chi connectivity index (χ1v) is 10.6. The van der Waals surface area contributed by atoms with Crippen LogP contribution in [0.5, 0.6) is 0 Å². The topological polar surface area (TPSA) is 64.2 Å². The van der Waals surface area contributed by atoms with E-state index in [1.807, 2.05) is 48.2 Å². The van der Waals surface area contributed by atoms with E-state index in [0.29, 0.717) is 11.6 Å². The summed E-state index contributed by atoms with van der Waals surface area (Å²) in [7, 11) is 0. The standard InChI is InChI=1S/C24H28N4O2/c1-16-7-9-17(10-8-16)28-21(19-6-5-11-30-19)25-20(26-28)22(29)27-15-24(4)13-18(27)12-23(2,3)14-24/h5-11,18H,12-15H2,1-4H3. The number of carbonyl (C=O) groups is 1. The third kappa shape index (κ3) is 3.24. The molecular weight excluding hydrogens is 376 g/mol. The molecule has 1 saturated carbocycles. The van der Waals surface area contributed by atoms with Gasteiger partial charge in [-0.25, -0.2) is 4.68 Å². The molecule has 1 aromatic carbocycles. The second-order valence-electron chi connectivity index (χ2n) is 10.1. The van der Waals surface area contributed by atoms with Crippen LogP contribution < -0.4 is 0 Å². The first-order valence-electron chi connectivity index (χ1n) is 10.6. The number of fused-ring (bicyclic) bond motifs is 2. The monoisotopic (exact) mass is 404 g/mol. The SMILES string of the molecule is Cc1ccc(-n2nc(C(=O)N3CC4(C)CC3CC(C)(C)C4)nc2-c2ccco2)cc1. The largest absolute Gasteiger partial charge is 0.461 e. The fourth-order valence-corrected chi connectivity index (χ4v) is 5.66. The molecule has 30 heavy (non-hydrogen) atoms. The molecule has 3 aromatic rings. The van der Waals surface area contributed by atoms with Gasteiger partial charge in [0.1, 0.15) is 0 Å². The maximum atomic E-state index is 13.5. The van der Waals surface area contributed by atoms with Gasteiger partial charge < -0.3 is 9.32 Å². The highest BCUT2D eigenvalue weighted by Gasteiger charge is 2.51. The number of benzene rings is 1. The number of amides is 1. The summed E-state index contributed by atoms with van der Waals surface area (Å²) in [5.41, 5.74) is 2.44. The van der Waals surface area contributed by atoms with E-state index in [4.69, 9.17) is 4.42 Å². The van der Waals surface area contributed by atoms with Gasteiger partial charge in [0.15, 0.2) is 11.6 Å². The Morgan fingerprint density at radius 1 is 1.13 bits per heavy atom. The summed E-state index contributed by atoms with van der Waals surface area (Å²) in [5, 5.41) is 4.64. The summed E-state index contributed by atoms with van der Waals surface area (Å²) in [6, 6.07) is 11.9. The van der Waals surface area contributed by atoms with Crippen molar-refractivity contribution in [2.45, 2.75) is 53.0 Å². The molecule has 1 aliphatic carbocycles. The van der Waals surface area contributed by atoms with Crippen LogP contribution in [0.4, 0.5) is 0 Å². The molecule has 0 spiro atoms. The second kappa shape index (κ2) is 6.56. The number of carbonyl (C=O) groups excluding carboxylic acids is 1. The predicted octanol–water partition coefficient (Wildman–Crippen LogP) is 4.88. The van der Waals surface area contributed by atoms with Crippen molar-refractivity contribution in [3.05, 3.63) is 54.0 Å². The van der Waals surface area contributed by atoms with Crippen LogP contribution in [0.3, 0.4) is 0 Å². The van der Waals surface area contributed by atoms with E-state index in [1.165, 1.54) is 0 Å². The summed E-state index contributed by atoms with van der Waals surface area (Å²) in [5.74, 6) is 1.28. The van der Waals surface area contributed by atoms with Gasteiger partial charge in [0.25, 0.3) is 5.91 Å². The van der Waals surface area contributed by atoms with Crippen molar-refractivity contribution in [2.75, 3.05) is 6.54 Å². The molecule has 1 amide bonds. The van der Waals surface area contributed by atoms with Crippen LogP contribution in [0.25, 0.3) is 17.3 Å². The Hall–Kier alpha value is -2.89. The molecule has 5 rings (SSSR count). The van der Waals surface area contributed by atoms with Gasteiger partial charge in [-0.1, -0.05) is 38.5 Å². The molecule has 2 fully saturated rings. The number of aromatic nitrogens is 3. The lowest BCUT2D eigenvalue weighted by Gasteiger charge is -2.39. The van der Waals surface area contributed by atoms with Gasteiger partial charge >= 0.3 is 0 Å². The van der Waals surface area contributed by atoms with Crippen LogP contribution >= 0.6 is 0 Å². The third-order valence-electron chi connectivity index (χ3n) is 6.49. The Labute approximate surface area is 176 Å². The van der Waals surface area contributed by atoms with E-state index in [2.05, 4.69) is 30.9 Å². The van der Waals surface area contributed by atoms with Crippen LogP contribution in [-0.2, 0) is 0 Å². The Kier molecular flexibility index (Phi) is 4.17. The van der Waals surface area contributed by atoms with E-state index in [9.17, 15) is 4.79 Å². The Morgan fingerprint density at radius 3 is 2.60 bits per heavy atom. The summed E-state index contributed by atoms with van der Waals surface area (Å²) in [4.78, 5) is 20.2.